The Labute approximate surface area is 233 Å². The number of pyridine rings is 2. The van der Waals surface area contributed by atoms with Gasteiger partial charge in [0.25, 0.3) is 0 Å². The molecule has 0 saturated carbocycles. The lowest BCUT2D eigenvalue weighted by molar-refractivity contribution is 0.265. The minimum atomic E-state index is 0.771. The predicted octanol–water partition coefficient (Wildman–Crippen LogP) is 8.20. The Bertz CT molecular complexity index is 1900. The number of hydrogen-bond donors (Lipinski definition) is 1. The van der Waals surface area contributed by atoms with E-state index in [0.29, 0.717) is 0 Å². The fourth-order valence-electron chi connectivity index (χ4n) is 5.68. The summed E-state index contributed by atoms with van der Waals surface area (Å²) in [7, 11) is 0. The molecule has 0 aliphatic heterocycles. The lowest BCUT2D eigenvalue weighted by Gasteiger charge is -2.24. The molecule has 7 aromatic rings. The number of hydrogen-bond acceptors (Lipinski definition) is 4. The third kappa shape index (κ3) is 4.86. The molecule has 0 unspecified atom stereocenters. The van der Waals surface area contributed by atoms with Crippen molar-refractivity contribution in [3.8, 4) is 0 Å². The summed E-state index contributed by atoms with van der Waals surface area (Å²) in [5.74, 6) is 0. The first-order valence-electron chi connectivity index (χ1n) is 13.9. The molecule has 0 fully saturated rings. The van der Waals surface area contributed by atoms with Crippen molar-refractivity contribution in [1.29, 1.82) is 0 Å². The molecule has 2 aromatic heterocycles. The summed E-state index contributed by atoms with van der Waals surface area (Å²) in [6.07, 6.45) is 0. The van der Waals surface area contributed by atoms with Crippen LogP contribution in [0.4, 0.5) is 5.69 Å². The summed E-state index contributed by atoms with van der Waals surface area (Å²) in [5.41, 5.74) is 6.62. The first kappa shape index (κ1) is 24.3. The normalized spacial score (nSPS) is 11.6. The van der Waals surface area contributed by atoms with Crippen molar-refractivity contribution in [2.75, 3.05) is 18.4 Å². The number of fused-ring (bicyclic) bond motifs is 4. The summed E-state index contributed by atoms with van der Waals surface area (Å²) in [6.45, 7) is 3.28. The van der Waals surface area contributed by atoms with E-state index < -0.39 is 0 Å². The molecular weight excluding hydrogens is 488 g/mol. The van der Waals surface area contributed by atoms with Crippen LogP contribution in [-0.2, 0) is 13.1 Å². The highest BCUT2D eigenvalue weighted by Crippen LogP contribution is 2.30. The maximum Gasteiger partial charge on any atom is 0.0730 e. The van der Waals surface area contributed by atoms with Crippen molar-refractivity contribution >= 4 is 49.2 Å². The van der Waals surface area contributed by atoms with Crippen LogP contribution in [0.25, 0.3) is 43.5 Å². The molecule has 40 heavy (non-hydrogen) atoms. The van der Waals surface area contributed by atoms with Gasteiger partial charge in [-0.2, -0.15) is 0 Å². The zero-order valence-electron chi connectivity index (χ0n) is 22.3. The van der Waals surface area contributed by atoms with E-state index in [4.69, 9.17) is 9.97 Å². The molecule has 5 aromatic carbocycles. The van der Waals surface area contributed by atoms with Gasteiger partial charge in [0.1, 0.15) is 0 Å². The van der Waals surface area contributed by atoms with Crippen molar-refractivity contribution in [3.05, 3.63) is 139 Å². The van der Waals surface area contributed by atoms with Crippen molar-refractivity contribution < 1.29 is 0 Å². The number of nitrogens with zero attached hydrogens (tertiary/aromatic N) is 3. The van der Waals surface area contributed by atoms with Crippen molar-refractivity contribution in [2.45, 2.75) is 13.1 Å². The van der Waals surface area contributed by atoms with E-state index in [9.17, 15) is 0 Å². The smallest absolute Gasteiger partial charge is 0.0730 e. The second-order valence-electron chi connectivity index (χ2n) is 10.3. The van der Waals surface area contributed by atoms with E-state index in [1.165, 1.54) is 21.7 Å². The molecule has 7 rings (SSSR count). The molecular formula is C36H30N4. The Hall–Kier alpha value is -4.80. The van der Waals surface area contributed by atoms with Crippen LogP contribution < -0.4 is 5.32 Å². The lowest BCUT2D eigenvalue weighted by Crippen LogP contribution is -2.29. The van der Waals surface area contributed by atoms with Crippen molar-refractivity contribution in [1.82, 2.24) is 14.9 Å². The number of aromatic nitrogens is 2. The minimum Gasteiger partial charge on any atom is -0.383 e. The van der Waals surface area contributed by atoms with Crippen LogP contribution in [0.5, 0.6) is 0 Å². The average molecular weight is 519 g/mol. The van der Waals surface area contributed by atoms with Gasteiger partial charge in [0, 0.05) is 42.3 Å². The minimum absolute atomic E-state index is 0.771. The van der Waals surface area contributed by atoms with Gasteiger partial charge in [-0.1, -0.05) is 103 Å². The summed E-state index contributed by atoms with van der Waals surface area (Å²) in [6, 6.07) is 44.7. The van der Waals surface area contributed by atoms with Crippen LogP contribution >= 0.6 is 0 Å². The SMILES string of the molecule is c1ccc2nc(CN(CCNc3c4ccccc4nc4ccccc34)Cc3cccc4ccccc34)ccc2c1. The molecule has 0 bridgehead atoms. The van der Waals surface area contributed by atoms with Gasteiger partial charge in [-0.15, -0.1) is 0 Å². The highest BCUT2D eigenvalue weighted by molar-refractivity contribution is 6.07. The topological polar surface area (TPSA) is 41.1 Å². The summed E-state index contributed by atoms with van der Waals surface area (Å²) in [4.78, 5) is 12.4. The highest BCUT2D eigenvalue weighted by Gasteiger charge is 2.13. The molecule has 0 aliphatic carbocycles. The van der Waals surface area contributed by atoms with Crippen LogP contribution in [-0.4, -0.2) is 28.0 Å². The molecule has 4 nitrogen and oxygen atoms in total. The maximum atomic E-state index is 5.00. The first-order valence-corrected chi connectivity index (χ1v) is 13.9. The van der Waals surface area contributed by atoms with Crippen LogP contribution in [0, 0.1) is 0 Å². The van der Waals surface area contributed by atoms with Crippen LogP contribution in [0.2, 0.25) is 0 Å². The van der Waals surface area contributed by atoms with Crippen LogP contribution in [0.15, 0.2) is 127 Å². The number of para-hydroxylation sites is 3. The molecule has 0 radical (unpaired) electrons. The molecule has 0 amide bonds. The van der Waals surface area contributed by atoms with Gasteiger partial charge in [-0.25, -0.2) is 4.98 Å². The second-order valence-corrected chi connectivity index (χ2v) is 10.3. The summed E-state index contributed by atoms with van der Waals surface area (Å²) in [5, 5.41) is 9.85. The van der Waals surface area contributed by atoms with E-state index in [0.717, 1.165) is 64.9 Å². The maximum absolute atomic E-state index is 5.00. The lowest BCUT2D eigenvalue weighted by atomic mass is 10.0. The zero-order valence-corrected chi connectivity index (χ0v) is 22.3. The van der Waals surface area contributed by atoms with Crippen molar-refractivity contribution in [3.63, 3.8) is 0 Å². The fraction of sp³-hybridized carbons (Fsp3) is 0.111. The van der Waals surface area contributed by atoms with Crippen LogP contribution in [0.1, 0.15) is 11.3 Å². The van der Waals surface area contributed by atoms with Gasteiger partial charge in [-0.3, -0.25) is 9.88 Å². The third-order valence-electron chi connectivity index (χ3n) is 7.63. The molecule has 1 N–H and O–H groups in total. The quantitative estimate of drug-likeness (QED) is 0.206. The Kier molecular flexibility index (Phi) is 6.52. The molecule has 2 heterocycles. The Morgan fingerprint density at radius 1 is 0.500 bits per heavy atom. The standard InChI is InChI=1S/C36H30N4/c1-3-14-30-26(10-1)12-9-13-28(30)24-40(25-29-21-20-27-11-2-6-17-33(27)38-29)23-22-37-36-31-15-4-7-18-34(31)39-35-19-8-5-16-32(35)36/h1-21H,22-25H2,(H,37,39). The predicted molar refractivity (Wildman–Crippen MR) is 168 cm³/mol. The van der Waals surface area contributed by atoms with Gasteiger partial charge in [0.15, 0.2) is 0 Å². The van der Waals surface area contributed by atoms with Gasteiger partial charge in [0.05, 0.1) is 27.9 Å². The van der Waals surface area contributed by atoms with E-state index in [1.807, 2.05) is 0 Å². The number of benzene rings is 5. The van der Waals surface area contributed by atoms with E-state index in [2.05, 4.69) is 138 Å². The Balaban J connectivity index is 1.19. The highest BCUT2D eigenvalue weighted by atomic mass is 15.1. The molecule has 0 atom stereocenters. The monoisotopic (exact) mass is 518 g/mol. The van der Waals surface area contributed by atoms with E-state index in [1.54, 1.807) is 0 Å². The molecule has 194 valence electrons. The fourth-order valence-corrected chi connectivity index (χ4v) is 5.68. The van der Waals surface area contributed by atoms with E-state index >= 15 is 0 Å². The molecule has 0 aliphatic rings. The Morgan fingerprint density at radius 3 is 1.90 bits per heavy atom. The van der Waals surface area contributed by atoms with Crippen molar-refractivity contribution in [2.24, 2.45) is 0 Å². The average Bonchev–Trinajstić information content (AvgIpc) is 3.01. The number of rotatable bonds is 8. The second kappa shape index (κ2) is 10.8. The van der Waals surface area contributed by atoms with Gasteiger partial charge in [0.2, 0.25) is 0 Å². The third-order valence-corrected chi connectivity index (χ3v) is 7.63. The largest absolute Gasteiger partial charge is 0.383 e. The summed E-state index contributed by atoms with van der Waals surface area (Å²) >= 11 is 0. The first-order chi connectivity index (χ1) is 19.8. The zero-order chi connectivity index (χ0) is 26.7. The number of nitrogens with one attached hydrogen (secondary N) is 1. The van der Waals surface area contributed by atoms with E-state index in [-0.39, 0.29) is 0 Å². The number of anilines is 1. The van der Waals surface area contributed by atoms with Gasteiger partial charge >= 0.3 is 0 Å². The molecule has 0 saturated heterocycles. The summed E-state index contributed by atoms with van der Waals surface area (Å²) < 4.78 is 0. The molecule has 0 spiro atoms. The van der Waals surface area contributed by atoms with Gasteiger partial charge < -0.3 is 5.32 Å². The molecule has 4 heteroatoms. The van der Waals surface area contributed by atoms with Crippen LogP contribution in [0.3, 0.4) is 0 Å². The Morgan fingerprint density at radius 2 is 1.12 bits per heavy atom. The van der Waals surface area contributed by atoms with Gasteiger partial charge in [-0.05, 0) is 40.6 Å².